The van der Waals surface area contributed by atoms with Crippen LogP contribution in [-0.2, 0) is 9.53 Å². The number of thioether (sulfide) groups is 1. The van der Waals surface area contributed by atoms with E-state index in [1.54, 1.807) is 0 Å². The van der Waals surface area contributed by atoms with E-state index < -0.39 is 0 Å². The van der Waals surface area contributed by atoms with Crippen LogP contribution in [0.3, 0.4) is 0 Å². The summed E-state index contributed by atoms with van der Waals surface area (Å²) < 4.78 is 5.85. The molecule has 5 heteroatoms. The molecule has 0 aromatic carbocycles. The van der Waals surface area contributed by atoms with Gasteiger partial charge in [-0.05, 0) is 50.5 Å². The quantitative estimate of drug-likeness (QED) is 0.474. The lowest BCUT2D eigenvalue weighted by molar-refractivity contribution is -0.153. The summed E-state index contributed by atoms with van der Waals surface area (Å²) in [6, 6.07) is 1.93. The zero-order valence-electron chi connectivity index (χ0n) is 14.7. The molecule has 0 saturated heterocycles. The van der Waals surface area contributed by atoms with Gasteiger partial charge in [0.1, 0.15) is 6.10 Å². The molecular weight excluding hydrogens is 308 g/mol. The average molecular weight is 334 g/mol. The van der Waals surface area contributed by atoms with E-state index in [9.17, 15) is 4.79 Å². The maximum atomic E-state index is 12.3. The van der Waals surface area contributed by atoms with Crippen LogP contribution in [0.4, 0.5) is 0 Å². The van der Waals surface area contributed by atoms with Crippen LogP contribution >= 0.6 is 11.8 Å². The summed E-state index contributed by atoms with van der Waals surface area (Å²) in [5.74, 6) is 0.814. The standard InChI is InChI=1S/C18H26N2O2S/c1-11-8-12(2)20-16(19-11)23-10-15(21)22-14-9-13-6-7-18(14,5)17(13,3)4/h8,13-14H,6-7,9-10H2,1-5H3/t13-,14+,18-/m1/s1. The van der Waals surface area contributed by atoms with Gasteiger partial charge in [0.2, 0.25) is 0 Å². The Morgan fingerprint density at radius 3 is 2.48 bits per heavy atom. The van der Waals surface area contributed by atoms with E-state index >= 15 is 0 Å². The molecule has 0 N–H and O–H groups in total. The maximum absolute atomic E-state index is 12.3. The molecule has 2 saturated carbocycles. The molecule has 2 bridgehead atoms. The number of aryl methyl sites for hydroxylation is 2. The highest BCUT2D eigenvalue weighted by atomic mass is 32.2. The molecule has 1 aromatic rings. The zero-order valence-corrected chi connectivity index (χ0v) is 15.5. The molecule has 1 heterocycles. The molecule has 0 amide bonds. The molecule has 126 valence electrons. The molecule has 0 aliphatic heterocycles. The van der Waals surface area contributed by atoms with Gasteiger partial charge in [0.05, 0.1) is 5.75 Å². The minimum atomic E-state index is -0.146. The Bertz CT molecular complexity index is 611. The number of rotatable bonds is 4. The van der Waals surface area contributed by atoms with Crippen LogP contribution in [0, 0.1) is 30.6 Å². The maximum Gasteiger partial charge on any atom is 0.316 e. The summed E-state index contributed by atoms with van der Waals surface area (Å²) >= 11 is 1.36. The van der Waals surface area contributed by atoms with Gasteiger partial charge < -0.3 is 4.74 Å². The fraction of sp³-hybridized carbons (Fsp3) is 0.722. The highest BCUT2D eigenvalue weighted by Crippen LogP contribution is 2.66. The van der Waals surface area contributed by atoms with Crippen LogP contribution in [0.15, 0.2) is 11.2 Å². The molecule has 3 atom stereocenters. The number of carbonyl (C=O) groups is 1. The molecule has 0 unspecified atom stereocenters. The summed E-state index contributed by atoms with van der Waals surface area (Å²) in [4.78, 5) is 21.0. The van der Waals surface area contributed by atoms with Crippen molar-refractivity contribution in [2.45, 2.75) is 65.1 Å². The first-order valence-electron chi connectivity index (χ1n) is 8.37. The van der Waals surface area contributed by atoms with Crippen LogP contribution in [-0.4, -0.2) is 27.8 Å². The van der Waals surface area contributed by atoms with E-state index in [0.29, 0.717) is 11.1 Å². The number of ether oxygens (including phenoxy) is 1. The van der Waals surface area contributed by atoms with Crippen molar-refractivity contribution in [3.05, 3.63) is 17.5 Å². The fourth-order valence-corrected chi connectivity index (χ4v) is 5.11. The number of esters is 1. The molecule has 3 rings (SSSR count). The largest absolute Gasteiger partial charge is 0.461 e. The van der Waals surface area contributed by atoms with Gasteiger partial charge in [0.15, 0.2) is 5.16 Å². The lowest BCUT2D eigenvalue weighted by Crippen LogP contribution is -2.38. The SMILES string of the molecule is Cc1cc(C)nc(SCC(=O)O[C@H]2C[C@H]3CC[C@@]2(C)C3(C)C)n1. The van der Waals surface area contributed by atoms with Crippen molar-refractivity contribution in [1.29, 1.82) is 0 Å². The molecule has 0 spiro atoms. The van der Waals surface area contributed by atoms with Crippen LogP contribution in [0.1, 0.15) is 51.4 Å². The highest BCUT2D eigenvalue weighted by molar-refractivity contribution is 7.99. The van der Waals surface area contributed by atoms with E-state index in [2.05, 4.69) is 30.7 Å². The van der Waals surface area contributed by atoms with Crippen molar-refractivity contribution in [2.75, 3.05) is 5.75 Å². The van der Waals surface area contributed by atoms with Crippen molar-refractivity contribution in [1.82, 2.24) is 9.97 Å². The van der Waals surface area contributed by atoms with Gasteiger partial charge in [-0.15, -0.1) is 0 Å². The molecule has 2 aliphatic rings. The fourth-order valence-electron chi connectivity index (χ4n) is 4.38. The summed E-state index contributed by atoms with van der Waals surface area (Å²) in [7, 11) is 0. The Labute approximate surface area is 142 Å². The third-order valence-electron chi connectivity index (χ3n) is 6.27. The molecule has 2 aliphatic carbocycles. The predicted octanol–water partition coefficient (Wildman–Crippen LogP) is 3.94. The first-order chi connectivity index (χ1) is 10.7. The molecule has 1 aromatic heterocycles. The first kappa shape index (κ1) is 16.7. The monoisotopic (exact) mass is 334 g/mol. The van der Waals surface area contributed by atoms with Crippen LogP contribution in [0.2, 0.25) is 0 Å². The zero-order chi connectivity index (χ0) is 16.8. The van der Waals surface area contributed by atoms with Crippen molar-refractivity contribution in [3.63, 3.8) is 0 Å². The molecule has 23 heavy (non-hydrogen) atoms. The van der Waals surface area contributed by atoms with E-state index in [0.717, 1.165) is 24.2 Å². The minimum absolute atomic E-state index is 0.0597. The van der Waals surface area contributed by atoms with Crippen LogP contribution in [0.25, 0.3) is 0 Å². The number of hydrogen-bond acceptors (Lipinski definition) is 5. The Morgan fingerprint density at radius 2 is 1.96 bits per heavy atom. The van der Waals surface area contributed by atoms with Gasteiger partial charge in [-0.1, -0.05) is 32.5 Å². The molecule has 4 nitrogen and oxygen atoms in total. The second-order valence-corrected chi connectivity index (χ2v) is 8.75. The van der Waals surface area contributed by atoms with E-state index in [1.807, 2.05) is 19.9 Å². The number of carbonyl (C=O) groups excluding carboxylic acids is 1. The topological polar surface area (TPSA) is 52.1 Å². The highest BCUT2D eigenvalue weighted by Gasteiger charge is 2.62. The Kier molecular flexibility index (Phi) is 4.20. The number of nitrogens with zero attached hydrogens (tertiary/aromatic N) is 2. The van der Waals surface area contributed by atoms with Gasteiger partial charge in [0, 0.05) is 16.8 Å². The normalized spacial score (nSPS) is 31.3. The summed E-state index contributed by atoms with van der Waals surface area (Å²) in [5.41, 5.74) is 2.24. The van der Waals surface area contributed by atoms with Gasteiger partial charge in [-0.3, -0.25) is 4.79 Å². The first-order valence-corrected chi connectivity index (χ1v) is 9.35. The van der Waals surface area contributed by atoms with Crippen molar-refractivity contribution in [3.8, 4) is 0 Å². The second kappa shape index (κ2) is 5.76. The predicted molar refractivity (Wildman–Crippen MR) is 91.3 cm³/mol. The lowest BCUT2D eigenvalue weighted by Gasteiger charge is -2.38. The third kappa shape index (κ3) is 2.88. The number of hydrogen-bond donors (Lipinski definition) is 0. The van der Waals surface area contributed by atoms with Crippen LogP contribution < -0.4 is 0 Å². The smallest absolute Gasteiger partial charge is 0.316 e. The summed E-state index contributed by atoms with van der Waals surface area (Å²) in [5, 5.41) is 0.652. The van der Waals surface area contributed by atoms with Crippen LogP contribution in [0.5, 0.6) is 0 Å². The summed E-state index contributed by atoms with van der Waals surface area (Å²) in [6.07, 6.45) is 3.50. The van der Waals surface area contributed by atoms with E-state index in [-0.39, 0.29) is 28.7 Å². The molecule has 0 radical (unpaired) electrons. The molecule has 2 fully saturated rings. The van der Waals surface area contributed by atoms with Crippen molar-refractivity contribution in [2.24, 2.45) is 16.7 Å². The van der Waals surface area contributed by atoms with Gasteiger partial charge >= 0.3 is 5.97 Å². The second-order valence-electron chi connectivity index (χ2n) is 7.81. The summed E-state index contributed by atoms with van der Waals surface area (Å²) in [6.45, 7) is 10.8. The minimum Gasteiger partial charge on any atom is -0.461 e. The van der Waals surface area contributed by atoms with Crippen molar-refractivity contribution >= 4 is 17.7 Å². The van der Waals surface area contributed by atoms with Crippen molar-refractivity contribution < 1.29 is 9.53 Å². The lowest BCUT2D eigenvalue weighted by atomic mass is 9.70. The Hall–Kier alpha value is -1.10. The average Bonchev–Trinajstić information content (AvgIpc) is 2.77. The Balaban J connectivity index is 1.58. The third-order valence-corrected chi connectivity index (χ3v) is 7.09. The van der Waals surface area contributed by atoms with Gasteiger partial charge in [-0.2, -0.15) is 0 Å². The van der Waals surface area contributed by atoms with Gasteiger partial charge in [-0.25, -0.2) is 9.97 Å². The number of aromatic nitrogens is 2. The molecular formula is C18H26N2O2S. The van der Waals surface area contributed by atoms with E-state index in [4.69, 9.17) is 4.74 Å². The number of fused-ring (bicyclic) bond motifs is 2. The van der Waals surface area contributed by atoms with Gasteiger partial charge in [0.25, 0.3) is 0 Å². The van der Waals surface area contributed by atoms with E-state index in [1.165, 1.54) is 18.2 Å². The Morgan fingerprint density at radius 1 is 1.30 bits per heavy atom.